The molecule has 5 nitrogen and oxygen atoms in total. The molecule has 4 fully saturated rings. The van der Waals surface area contributed by atoms with Gasteiger partial charge in [-0.1, -0.05) is 77.0 Å². The first-order valence-electron chi connectivity index (χ1n) is 15.7. The summed E-state index contributed by atoms with van der Waals surface area (Å²) in [5.74, 6) is 0. The Morgan fingerprint density at radius 1 is 0.457 bits per heavy atom. The molecule has 0 heterocycles. The molecule has 0 amide bonds. The molecule has 0 aromatic carbocycles. The molecule has 2 N–H and O–H groups in total. The van der Waals surface area contributed by atoms with Gasteiger partial charge < -0.3 is 14.9 Å². The van der Waals surface area contributed by atoms with Crippen molar-refractivity contribution in [2.75, 3.05) is 13.2 Å². The van der Waals surface area contributed by atoms with Crippen molar-refractivity contribution in [3.05, 3.63) is 0 Å². The largest absolute Gasteiger partial charge is 0.381 e. The molecule has 4 saturated carbocycles. The van der Waals surface area contributed by atoms with Crippen LogP contribution in [0.25, 0.3) is 0 Å². The van der Waals surface area contributed by atoms with E-state index < -0.39 is 0 Å². The monoisotopic (exact) mass is 492 g/mol. The summed E-state index contributed by atoms with van der Waals surface area (Å²) in [5, 5.41) is 22.5. The third-order valence-corrected chi connectivity index (χ3v) is 9.71. The molecule has 0 aliphatic heterocycles. The standard InChI is InChI=1S/C30H56N2O3/c33-29(31(25-13-5-1-6-14-25)26-15-7-2-8-16-26)21-23-35-24-22-30(34)32(27-17-9-3-10-18-27)28-19-11-4-12-20-28/h25-30,33-34H,1-24H2. The zero-order valence-electron chi connectivity index (χ0n) is 22.6. The molecule has 2 atom stereocenters. The molecule has 35 heavy (non-hydrogen) atoms. The van der Waals surface area contributed by atoms with Gasteiger partial charge in [-0.05, 0) is 51.4 Å². The lowest BCUT2D eigenvalue weighted by Gasteiger charge is -2.44. The highest BCUT2D eigenvalue weighted by Crippen LogP contribution is 2.33. The first-order chi connectivity index (χ1) is 17.2. The van der Waals surface area contributed by atoms with E-state index in [-0.39, 0.29) is 12.5 Å². The van der Waals surface area contributed by atoms with Crippen LogP contribution in [0.1, 0.15) is 141 Å². The molecule has 2 unspecified atom stereocenters. The predicted molar refractivity (Wildman–Crippen MR) is 143 cm³/mol. The molecule has 0 bridgehead atoms. The summed E-state index contributed by atoms with van der Waals surface area (Å²) in [6.45, 7) is 1.19. The minimum Gasteiger partial charge on any atom is -0.381 e. The Hall–Kier alpha value is -0.200. The summed E-state index contributed by atoms with van der Waals surface area (Å²) in [6, 6.07) is 2.23. The topological polar surface area (TPSA) is 56.2 Å². The molecule has 4 rings (SSSR count). The number of nitrogens with zero attached hydrogens (tertiary/aromatic N) is 2. The molecule has 0 aromatic rings. The average Bonchev–Trinajstić information content (AvgIpc) is 2.91. The van der Waals surface area contributed by atoms with Crippen LogP contribution in [-0.2, 0) is 4.74 Å². The third kappa shape index (κ3) is 8.40. The Balaban J connectivity index is 1.22. The van der Waals surface area contributed by atoms with Gasteiger partial charge in [0.25, 0.3) is 0 Å². The van der Waals surface area contributed by atoms with Gasteiger partial charge in [0.05, 0.1) is 13.2 Å². The van der Waals surface area contributed by atoms with Crippen molar-refractivity contribution >= 4 is 0 Å². The zero-order valence-corrected chi connectivity index (χ0v) is 22.6. The number of aliphatic hydroxyl groups is 2. The Morgan fingerprint density at radius 3 is 0.971 bits per heavy atom. The molecular formula is C30H56N2O3. The first kappa shape index (κ1) is 27.8. The molecule has 4 aliphatic rings. The van der Waals surface area contributed by atoms with E-state index in [4.69, 9.17) is 4.74 Å². The van der Waals surface area contributed by atoms with Crippen molar-refractivity contribution in [3.63, 3.8) is 0 Å². The number of aliphatic hydroxyl groups excluding tert-OH is 2. The molecular weight excluding hydrogens is 436 g/mol. The van der Waals surface area contributed by atoms with Crippen molar-refractivity contribution in [2.45, 2.75) is 178 Å². The third-order valence-electron chi connectivity index (χ3n) is 9.71. The fourth-order valence-electron chi connectivity index (χ4n) is 7.86. The van der Waals surface area contributed by atoms with Gasteiger partial charge in [-0.2, -0.15) is 0 Å². The SMILES string of the molecule is OC(CCOCCC(O)N(C1CCCCC1)C1CCCCC1)N(C1CCCCC1)C1CCCCC1. The maximum absolute atomic E-state index is 11.2. The van der Waals surface area contributed by atoms with Crippen molar-refractivity contribution in [1.82, 2.24) is 9.80 Å². The van der Waals surface area contributed by atoms with E-state index in [2.05, 4.69) is 9.80 Å². The van der Waals surface area contributed by atoms with E-state index in [1.54, 1.807) is 0 Å². The maximum Gasteiger partial charge on any atom is 0.110 e. The smallest absolute Gasteiger partial charge is 0.110 e. The van der Waals surface area contributed by atoms with Gasteiger partial charge in [0, 0.05) is 37.0 Å². The molecule has 0 radical (unpaired) electrons. The fraction of sp³-hybridized carbons (Fsp3) is 1.00. The quantitative estimate of drug-likeness (QED) is 0.245. The minimum absolute atomic E-state index is 0.382. The highest BCUT2D eigenvalue weighted by molar-refractivity contribution is 4.87. The van der Waals surface area contributed by atoms with E-state index >= 15 is 0 Å². The van der Waals surface area contributed by atoms with E-state index in [9.17, 15) is 10.2 Å². The summed E-state index contributed by atoms with van der Waals surface area (Å²) in [6.07, 6.45) is 26.5. The minimum atomic E-state index is -0.382. The Labute approximate surface area is 216 Å². The van der Waals surface area contributed by atoms with E-state index in [1.165, 1.54) is 128 Å². The van der Waals surface area contributed by atoms with Crippen LogP contribution >= 0.6 is 0 Å². The van der Waals surface area contributed by atoms with Crippen LogP contribution in [0.2, 0.25) is 0 Å². The van der Waals surface area contributed by atoms with Gasteiger partial charge in [0.1, 0.15) is 12.5 Å². The second-order valence-corrected chi connectivity index (χ2v) is 12.2. The zero-order chi connectivity index (χ0) is 24.3. The Bertz CT molecular complexity index is 468. The van der Waals surface area contributed by atoms with Gasteiger partial charge >= 0.3 is 0 Å². The predicted octanol–water partition coefficient (Wildman–Crippen LogP) is 6.35. The van der Waals surface area contributed by atoms with Gasteiger partial charge in [0.15, 0.2) is 0 Å². The lowest BCUT2D eigenvalue weighted by molar-refractivity contribution is -0.0954. The van der Waals surface area contributed by atoms with Crippen LogP contribution in [0, 0.1) is 0 Å². The second kappa shape index (κ2) is 15.3. The summed E-state index contributed by atoms with van der Waals surface area (Å²) in [7, 11) is 0. The van der Waals surface area contributed by atoms with Crippen molar-refractivity contribution in [2.24, 2.45) is 0 Å². The fourth-order valence-corrected chi connectivity index (χ4v) is 7.86. The van der Waals surface area contributed by atoms with Crippen LogP contribution < -0.4 is 0 Å². The van der Waals surface area contributed by atoms with Crippen LogP contribution in [0.15, 0.2) is 0 Å². The van der Waals surface area contributed by atoms with Crippen LogP contribution in [-0.4, -0.2) is 69.8 Å². The van der Waals surface area contributed by atoms with Crippen molar-refractivity contribution in [3.8, 4) is 0 Å². The molecule has 5 heteroatoms. The molecule has 204 valence electrons. The summed E-state index contributed by atoms with van der Waals surface area (Å²) in [4.78, 5) is 5.01. The van der Waals surface area contributed by atoms with Crippen LogP contribution in [0.4, 0.5) is 0 Å². The first-order valence-corrected chi connectivity index (χ1v) is 15.7. The van der Waals surface area contributed by atoms with Gasteiger partial charge in [-0.15, -0.1) is 0 Å². The van der Waals surface area contributed by atoms with E-state index in [0.29, 0.717) is 50.2 Å². The summed E-state index contributed by atoms with van der Waals surface area (Å²) in [5.41, 5.74) is 0. The second-order valence-electron chi connectivity index (χ2n) is 12.2. The Morgan fingerprint density at radius 2 is 0.714 bits per heavy atom. The normalized spacial score (nSPS) is 26.4. The van der Waals surface area contributed by atoms with Gasteiger partial charge in [0.2, 0.25) is 0 Å². The number of ether oxygens (including phenoxy) is 1. The molecule has 0 aromatic heterocycles. The van der Waals surface area contributed by atoms with Gasteiger partial charge in [-0.3, -0.25) is 9.80 Å². The number of hydrogen-bond acceptors (Lipinski definition) is 5. The lowest BCUT2D eigenvalue weighted by atomic mass is 9.88. The Kier molecular flexibility index (Phi) is 12.1. The summed E-state index contributed by atoms with van der Waals surface area (Å²) < 4.78 is 6.05. The van der Waals surface area contributed by atoms with Crippen LogP contribution in [0.5, 0.6) is 0 Å². The summed E-state index contributed by atoms with van der Waals surface area (Å²) >= 11 is 0. The van der Waals surface area contributed by atoms with E-state index in [0.717, 1.165) is 0 Å². The molecule has 0 saturated heterocycles. The number of rotatable bonds is 12. The average molecular weight is 493 g/mol. The van der Waals surface area contributed by atoms with Crippen molar-refractivity contribution in [1.29, 1.82) is 0 Å². The lowest BCUT2D eigenvalue weighted by Crippen LogP contribution is -2.51. The number of hydrogen-bond donors (Lipinski definition) is 2. The van der Waals surface area contributed by atoms with Gasteiger partial charge in [-0.25, -0.2) is 0 Å². The van der Waals surface area contributed by atoms with Crippen LogP contribution in [0.3, 0.4) is 0 Å². The van der Waals surface area contributed by atoms with Crippen molar-refractivity contribution < 1.29 is 14.9 Å². The van der Waals surface area contributed by atoms with E-state index in [1.807, 2.05) is 0 Å². The maximum atomic E-state index is 11.2. The highest BCUT2D eigenvalue weighted by Gasteiger charge is 2.34. The highest BCUT2D eigenvalue weighted by atomic mass is 16.5. The molecule has 4 aliphatic carbocycles. The molecule has 0 spiro atoms.